The minimum absolute atomic E-state index is 0.0830. The van der Waals surface area contributed by atoms with E-state index in [-0.39, 0.29) is 22.8 Å². The highest BCUT2D eigenvalue weighted by atomic mass is 19.1. The number of carbonyl (C=O) groups is 1. The predicted molar refractivity (Wildman–Crippen MR) is 132 cm³/mol. The van der Waals surface area contributed by atoms with Gasteiger partial charge in [0.1, 0.15) is 28.8 Å². The Balaban J connectivity index is 1.44. The molecular formula is C27H28F2N4O4. The first kappa shape index (κ1) is 26.1. The van der Waals surface area contributed by atoms with Crippen LogP contribution >= 0.6 is 0 Å². The molecule has 0 aliphatic carbocycles. The number of carbonyl (C=O) groups excluding carboxylic acids is 1. The summed E-state index contributed by atoms with van der Waals surface area (Å²) in [6, 6.07) is 7.76. The molecule has 3 aromatic rings. The van der Waals surface area contributed by atoms with Crippen LogP contribution in [0.4, 0.5) is 13.6 Å². The molecule has 1 aromatic heterocycles. The summed E-state index contributed by atoms with van der Waals surface area (Å²) in [6.07, 6.45) is 3.55. The second kappa shape index (κ2) is 10.5. The summed E-state index contributed by atoms with van der Waals surface area (Å²) in [5.74, 6) is -1.90. The van der Waals surface area contributed by atoms with E-state index in [4.69, 9.17) is 9.47 Å². The quantitative estimate of drug-likeness (QED) is 0.457. The van der Waals surface area contributed by atoms with Crippen molar-refractivity contribution in [1.82, 2.24) is 14.5 Å². The number of piperidine rings is 1. The van der Waals surface area contributed by atoms with Gasteiger partial charge >= 0.3 is 6.09 Å². The van der Waals surface area contributed by atoms with E-state index in [0.717, 1.165) is 31.4 Å². The number of amides is 1. The molecule has 0 unspecified atom stereocenters. The van der Waals surface area contributed by atoms with Crippen LogP contribution < -0.4 is 10.3 Å². The molecule has 4 rings (SSSR count). The highest BCUT2D eigenvalue weighted by Crippen LogP contribution is 2.31. The molecule has 8 nitrogen and oxygen atoms in total. The van der Waals surface area contributed by atoms with Crippen molar-refractivity contribution in [2.24, 2.45) is 5.92 Å². The van der Waals surface area contributed by atoms with Crippen molar-refractivity contribution in [2.45, 2.75) is 52.2 Å². The molecule has 2 aromatic carbocycles. The lowest BCUT2D eigenvalue weighted by atomic mass is 9.94. The van der Waals surface area contributed by atoms with Crippen LogP contribution in [0.2, 0.25) is 0 Å². The van der Waals surface area contributed by atoms with Crippen LogP contribution in [0.25, 0.3) is 10.9 Å². The Kier molecular flexibility index (Phi) is 7.43. The number of hydrogen-bond donors (Lipinski definition) is 0. The molecule has 0 bridgehead atoms. The second-order valence-electron chi connectivity index (χ2n) is 10.1. The molecule has 1 aliphatic heterocycles. The Morgan fingerprint density at radius 3 is 2.54 bits per heavy atom. The van der Waals surface area contributed by atoms with Gasteiger partial charge in [0.15, 0.2) is 11.6 Å². The van der Waals surface area contributed by atoms with E-state index in [1.54, 1.807) is 17.0 Å². The van der Waals surface area contributed by atoms with E-state index >= 15 is 0 Å². The topological polar surface area (TPSA) is 97.4 Å². The molecule has 2 heterocycles. The maximum Gasteiger partial charge on any atom is 0.410 e. The van der Waals surface area contributed by atoms with Gasteiger partial charge in [-0.15, -0.1) is 0 Å². The number of ether oxygens (including phenoxy) is 2. The molecule has 37 heavy (non-hydrogen) atoms. The molecule has 1 fully saturated rings. The summed E-state index contributed by atoms with van der Waals surface area (Å²) >= 11 is 0. The standard InChI is InChI=1S/C27H28F2N4O4/c1-27(2,3)37-26(35)32-11-8-17(9-12-32)10-13-33-16-31-23-7-4-18(14-19(23)25(33)34)36-24-20(15-30)21(28)5-6-22(24)29/h4-7,14,16-17H,8-13H2,1-3H3. The van der Waals surface area contributed by atoms with Gasteiger partial charge in [-0.1, -0.05) is 0 Å². The minimum atomic E-state index is -0.902. The van der Waals surface area contributed by atoms with Gasteiger partial charge in [-0.3, -0.25) is 9.36 Å². The van der Waals surface area contributed by atoms with Gasteiger partial charge in [0.25, 0.3) is 5.56 Å². The highest BCUT2D eigenvalue weighted by molar-refractivity contribution is 5.79. The molecule has 0 spiro atoms. The Morgan fingerprint density at radius 1 is 1.16 bits per heavy atom. The van der Waals surface area contributed by atoms with E-state index in [0.29, 0.717) is 31.1 Å². The van der Waals surface area contributed by atoms with Crippen molar-refractivity contribution < 1.29 is 23.0 Å². The minimum Gasteiger partial charge on any atom is -0.453 e. The number of fused-ring (bicyclic) bond motifs is 1. The zero-order chi connectivity index (χ0) is 26.7. The number of nitrogens with zero attached hydrogens (tertiary/aromatic N) is 4. The van der Waals surface area contributed by atoms with E-state index in [2.05, 4.69) is 4.98 Å². The Labute approximate surface area is 213 Å². The Bertz CT molecular complexity index is 1420. The number of aromatic nitrogens is 2. The molecule has 1 saturated heterocycles. The fourth-order valence-corrected chi connectivity index (χ4v) is 4.27. The second-order valence-corrected chi connectivity index (χ2v) is 10.1. The van der Waals surface area contributed by atoms with Crippen LogP contribution in [0.1, 0.15) is 45.6 Å². The van der Waals surface area contributed by atoms with E-state index in [1.165, 1.54) is 23.0 Å². The van der Waals surface area contributed by atoms with Gasteiger partial charge in [-0.25, -0.2) is 18.6 Å². The van der Waals surface area contributed by atoms with Crippen molar-refractivity contribution in [1.29, 1.82) is 5.26 Å². The number of hydrogen-bond acceptors (Lipinski definition) is 6. The van der Waals surface area contributed by atoms with Gasteiger partial charge in [-0.05, 0) is 76.3 Å². The van der Waals surface area contributed by atoms with Gasteiger partial charge in [0.05, 0.1) is 17.2 Å². The number of likely N-dealkylation sites (tertiary alicyclic amines) is 1. The van der Waals surface area contributed by atoms with Crippen molar-refractivity contribution >= 4 is 17.0 Å². The number of halogens is 2. The Morgan fingerprint density at radius 2 is 1.86 bits per heavy atom. The molecular weight excluding hydrogens is 482 g/mol. The largest absolute Gasteiger partial charge is 0.453 e. The van der Waals surface area contributed by atoms with Crippen LogP contribution in [0.15, 0.2) is 41.5 Å². The fourth-order valence-electron chi connectivity index (χ4n) is 4.27. The molecule has 1 aliphatic rings. The van der Waals surface area contributed by atoms with Crippen molar-refractivity contribution in [3.63, 3.8) is 0 Å². The lowest BCUT2D eigenvalue weighted by Gasteiger charge is -2.33. The van der Waals surface area contributed by atoms with E-state index in [1.807, 2.05) is 20.8 Å². The van der Waals surface area contributed by atoms with Crippen molar-refractivity contribution in [3.05, 3.63) is 64.2 Å². The first-order chi connectivity index (χ1) is 17.6. The first-order valence-corrected chi connectivity index (χ1v) is 12.1. The Hall–Kier alpha value is -4.00. The van der Waals surface area contributed by atoms with Gasteiger partial charge < -0.3 is 14.4 Å². The molecule has 10 heteroatoms. The third-order valence-electron chi connectivity index (χ3n) is 6.23. The monoisotopic (exact) mass is 510 g/mol. The third kappa shape index (κ3) is 6.05. The fraction of sp³-hybridized carbons (Fsp3) is 0.407. The molecule has 0 N–H and O–H groups in total. The average Bonchev–Trinajstić information content (AvgIpc) is 2.85. The molecule has 194 valence electrons. The van der Waals surface area contributed by atoms with E-state index < -0.39 is 28.5 Å². The summed E-state index contributed by atoms with van der Waals surface area (Å²) in [7, 11) is 0. The number of nitriles is 1. The summed E-state index contributed by atoms with van der Waals surface area (Å²) in [5.41, 5.74) is -0.949. The normalized spacial score (nSPS) is 14.4. The van der Waals surface area contributed by atoms with Crippen LogP contribution in [-0.4, -0.2) is 39.2 Å². The number of aryl methyl sites for hydroxylation is 1. The highest BCUT2D eigenvalue weighted by Gasteiger charge is 2.27. The summed E-state index contributed by atoms with van der Waals surface area (Å²) < 4.78 is 40.6. The molecule has 0 saturated carbocycles. The lowest BCUT2D eigenvalue weighted by molar-refractivity contribution is 0.0179. The number of rotatable bonds is 5. The maximum atomic E-state index is 14.2. The third-order valence-corrected chi connectivity index (χ3v) is 6.23. The maximum absolute atomic E-state index is 14.2. The summed E-state index contributed by atoms with van der Waals surface area (Å²) in [5, 5.41) is 9.44. The van der Waals surface area contributed by atoms with Gasteiger partial charge in [0.2, 0.25) is 0 Å². The molecule has 0 radical (unpaired) electrons. The van der Waals surface area contributed by atoms with Crippen LogP contribution in [-0.2, 0) is 11.3 Å². The van der Waals surface area contributed by atoms with Crippen molar-refractivity contribution in [3.8, 4) is 17.6 Å². The smallest absolute Gasteiger partial charge is 0.410 e. The summed E-state index contributed by atoms with van der Waals surface area (Å²) in [4.78, 5) is 31.5. The predicted octanol–water partition coefficient (Wildman–Crippen LogP) is 5.38. The van der Waals surface area contributed by atoms with Crippen LogP contribution in [0.3, 0.4) is 0 Å². The average molecular weight is 511 g/mol. The molecule has 0 atom stereocenters. The van der Waals surface area contributed by atoms with Crippen LogP contribution in [0, 0.1) is 28.9 Å². The summed E-state index contributed by atoms with van der Waals surface area (Å²) in [6.45, 7) is 7.17. The van der Waals surface area contributed by atoms with Gasteiger partial charge in [0, 0.05) is 19.6 Å². The van der Waals surface area contributed by atoms with Gasteiger partial charge in [-0.2, -0.15) is 5.26 Å². The SMILES string of the molecule is CC(C)(C)OC(=O)N1CCC(CCn2cnc3ccc(Oc4c(F)ccc(F)c4C#N)cc3c2=O)CC1. The molecule has 1 amide bonds. The van der Waals surface area contributed by atoms with Crippen LogP contribution in [0.5, 0.6) is 11.5 Å². The lowest BCUT2D eigenvalue weighted by Crippen LogP contribution is -2.41. The first-order valence-electron chi connectivity index (χ1n) is 12.1. The zero-order valence-electron chi connectivity index (χ0n) is 21.0. The zero-order valence-corrected chi connectivity index (χ0v) is 21.0. The number of benzene rings is 2. The van der Waals surface area contributed by atoms with Crippen molar-refractivity contribution in [2.75, 3.05) is 13.1 Å². The van der Waals surface area contributed by atoms with E-state index in [9.17, 15) is 23.6 Å².